The predicted molar refractivity (Wildman–Crippen MR) is 86.8 cm³/mol. The highest BCUT2D eigenvalue weighted by Crippen LogP contribution is 2.16. The molecule has 0 saturated carbocycles. The van der Waals surface area contributed by atoms with Crippen LogP contribution in [0.3, 0.4) is 0 Å². The van der Waals surface area contributed by atoms with Crippen molar-refractivity contribution in [3.63, 3.8) is 0 Å². The molecular weight excluding hydrogens is 278 g/mol. The Kier molecular flexibility index (Phi) is 6.00. The Hall–Kier alpha value is -1.36. The number of rotatable bonds is 7. The van der Waals surface area contributed by atoms with Crippen LogP contribution >= 0.6 is 0 Å². The Labute approximate surface area is 133 Å². The Morgan fingerprint density at radius 2 is 2.23 bits per heavy atom. The lowest BCUT2D eigenvalue weighted by Gasteiger charge is -2.11. The molecule has 0 spiro atoms. The third-order valence-electron chi connectivity index (χ3n) is 4.22. The SMILES string of the molecule is Cc1nn(CC(C)C)c(C)c1CCC(=O)NCC1CCCO1. The van der Waals surface area contributed by atoms with Crippen molar-refractivity contribution < 1.29 is 9.53 Å². The van der Waals surface area contributed by atoms with Gasteiger partial charge in [0.25, 0.3) is 0 Å². The zero-order valence-corrected chi connectivity index (χ0v) is 14.3. The molecule has 1 fully saturated rings. The van der Waals surface area contributed by atoms with Gasteiger partial charge in [0.15, 0.2) is 0 Å². The molecule has 5 nitrogen and oxygen atoms in total. The van der Waals surface area contributed by atoms with Gasteiger partial charge in [-0.1, -0.05) is 13.8 Å². The fourth-order valence-corrected chi connectivity index (χ4v) is 2.98. The van der Waals surface area contributed by atoms with Crippen LogP contribution in [0.2, 0.25) is 0 Å². The minimum atomic E-state index is 0.103. The van der Waals surface area contributed by atoms with Gasteiger partial charge in [0, 0.05) is 31.8 Å². The van der Waals surface area contributed by atoms with Crippen LogP contribution in [0.25, 0.3) is 0 Å². The molecule has 1 aromatic rings. The first-order valence-electron chi connectivity index (χ1n) is 8.38. The highest BCUT2D eigenvalue weighted by atomic mass is 16.5. The van der Waals surface area contributed by atoms with E-state index in [1.807, 2.05) is 6.92 Å². The van der Waals surface area contributed by atoms with E-state index in [-0.39, 0.29) is 12.0 Å². The molecule has 0 aromatic carbocycles. The molecule has 5 heteroatoms. The summed E-state index contributed by atoms with van der Waals surface area (Å²) in [6.07, 6.45) is 3.64. The zero-order valence-electron chi connectivity index (χ0n) is 14.3. The van der Waals surface area contributed by atoms with Crippen LogP contribution < -0.4 is 5.32 Å². The fourth-order valence-electron chi connectivity index (χ4n) is 2.98. The largest absolute Gasteiger partial charge is 0.376 e. The number of nitrogens with zero attached hydrogens (tertiary/aromatic N) is 2. The summed E-state index contributed by atoms with van der Waals surface area (Å²) in [5.41, 5.74) is 3.45. The quantitative estimate of drug-likeness (QED) is 0.841. The van der Waals surface area contributed by atoms with Crippen molar-refractivity contribution in [2.24, 2.45) is 5.92 Å². The summed E-state index contributed by atoms with van der Waals surface area (Å²) in [7, 11) is 0. The normalized spacial score (nSPS) is 18.1. The number of amides is 1. The molecule has 1 aliphatic heterocycles. The van der Waals surface area contributed by atoms with Crippen molar-refractivity contribution in [3.8, 4) is 0 Å². The molecular formula is C17H29N3O2. The van der Waals surface area contributed by atoms with Gasteiger partial charge in [-0.2, -0.15) is 5.10 Å². The third-order valence-corrected chi connectivity index (χ3v) is 4.22. The number of ether oxygens (including phenoxy) is 1. The number of hydrogen-bond donors (Lipinski definition) is 1. The van der Waals surface area contributed by atoms with Crippen molar-refractivity contribution in [2.75, 3.05) is 13.2 Å². The lowest BCUT2D eigenvalue weighted by molar-refractivity contribution is -0.121. The average Bonchev–Trinajstić information content (AvgIpc) is 3.04. The number of carbonyl (C=O) groups is 1. The van der Waals surface area contributed by atoms with Gasteiger partial charge in [0.1, 0.15) is 0 Å². The topological polar surface area (TPSA) is 56.2 Å². The van der Waals surface area contributed by atoms with E-state index in [2.05, 4.69) is 35.9 Å². The van der Waals surface area contributed by atoms with E-state index in [4.69, 9.17) is 4.74 Å². The maximum absolute atomic E-state index is 12.0. The van der Waals surface area contributed by atoms with Crippen LogP contribution in [0.5, 0.6) is 0 Å². The fraction of sp³-hybridized carbons (Fsp3) is 0.765. The second-order valence-corrected chi connectivity index (χ2v) is 6.66. The molecule has 0 aliphatic carbocycles. The second kappa shape index (κ2) is 7.77. The predicted octanol–water partition coefficient (Wildman–Crippen LogP) is 2.38. The van der Waals surface area contributed by atoms with Crippen LogP contribution in [-0.2, 0) is 22.5 Å². The Morgan fingerprint density at radius 1 is 1.45 bits per heavy atom. The Balaban J connectivity index is 1.82. The number of hydrogen-bond acceptors (Lipinski definition) is 3. The van der Waals surface area contributed by atoms with E-state index >= 15 is 0 Å². The standard InChI is InChI=1S/C17H29N3O2/c1-12(2)11-20-14(4)16(13(3)19-20)7-8-17(21)18-10-15-6-5-9-22-15/h12,15H,5-11H2,1-4H3,(H,18,21). The molecule has 1 unspecified atom stereocenters. The van der Waals surface area contributed by atoms with Crippen molar-refractivity contribution in [2.45, 2.75) is 66.0 Å². The molecule has 1 saturated heterocycles. The maximum Gasteiger partial charge on any atom is 0.220 e. The van der Waals surface area contributed by atoms with Gasteiger partial charge in [-0.15, -0.1) is 0 Å². The smallest absolute Gasteiger partial charge is 0.220 e. The van der Waals surface area contributed by atoms with Crippen LogP contribution in [0.15, 0.2) is 0 Å². The van der Waals surface area contributed by atoms with Crippen molar-refractivity contribution >= 4 is 5.91 Å². The summed E-state index contributed by atoms with van der Waals surface area (Å²) in [6.45, 7) is 10.9. The molecule has 22 heavy (non-hydrogen) atoms. The Morgan fingerprint density at radius 3 is 2.86 bits per heavy atom. The van der Waals surface area contributed by atoms with Gasteiger partial charge in [-0.25, -0.2) is 0 Å². The molecule has 1 atom stereocenters. The van der Waals surface area contributed by atoms with Gasteiger partial charge in [-0.3, -0.25) is 9.48 Å². The van der Waals surface area contributed by atoms with Gasteiger partial charge in [0.2, 0.25) is 5.91 Å². The van der Waals surface area contributed by atoms with Gasteiger partial charge in [0.05, 0.1) is 11.8 Å². The first-order chi connectivity index (χ1) is 10.5. The molecule has 0 radical (unpaired) electrons. The molecule has 1 amide bonds. The molecule has 2 heterocycles. The summed E-state index contributed by atoms with van der Waals surface area (Å²) in [4.78, 5) is 12.0. The number of nitrogens with one attached hydrogen (secondary N) is 1. The average molecular weight is 307 g/mol. The molecule has 1 N–H and O–H groups in total. The second-order valence-electron chi connectivity index (χ2n) is 6.66. The van der Waals surface area contributed by atoms with Crippen LogP contribution in [-0.4, -0.2) is 34.9 Å². The monoisotopic (exact) mass is 307 g/mol. The van der Waals surface area contributed by atoms with Gasteiger partial charge >= 0.3 is 0 Å². The van der Waals surface area contributed by atoms with Crippen molar-refractivity contribution in [1.29, 1.82) is 0 Å². The molecule has 124 valence electrons. The summed E-state index contributed by atoms with van der Waals surface area (Å²) in [5, 5.41) is 7.58. The lowest BCUT2D eigenvalue weighted by atomic mass is 10.1. The minimum absolute atomic E-state index is 0.103. The number of aryl methyl sites for hydroxylation is 1. The van der Waals surface area contributed by atoms with E-state index in [9.17, 15) is 4.79 Å². The van der Waals surface area contributed by atoms with E-state index < -0.39 is 0 Å². The van der Waals surface area contributed by atoms with E-state index in [1.165, 1.54) is 11.3 Å². The first-order valence-corrected chi connectivity index (χ1v) is 8.38. The summed E-state index contributed by atoms with van der Waals surface area (Å²) >= 11 is 0. The van der Waals surface area contributed by atoms with Crippen molar-refractivity contribution in [1.82, 2.24) is 15.1 Å². The zero-order chi connectivity index (χ0) is 16.1. The summed E-state index contributed by atoms with van der Waals surface area (Å²) in [6, 6.07) is 0. The lowest BCUT2D eigenvalue weighted by Crippen LogP contribution is -2.31. The van der Waals surface area contributed by atoms with Crippen LogP contribution in [0.4, 0.5) is 0 Å². The van der Waals surface area contributed by atoms with E-state index in [0.29, 0.717) is 18.9 Å². The summed E-state index contributed by atoms with van der Waals surface area (Å²) in [5.74, 6) is 0.673. The Bertz CT molecular complexity index is 502. The first kappa shape index (κ1) is 17.0. The number of carbonyl (C=O) groups excluding carboxylic acids is 1. The van der Waals surface area contributed by atoms with Gasteiger partial charge in [-0.05, 0) is 44.6 Å². The highest BCUT2D eigenvalue weighted by Gasteiger charge is 2.17. The van der Waals surface area contributed by atoms with E-state index in [0.717, 1.165) is 38.1 Å². The minimum Gasteiger partial charge on any atom is -0.376 e. The maximum atomic E-state index is 12.0. The molecule has 0 bridgehead atoms. The van der Waals surface area contributed by atoms with Gasteiger partial charge < -0.3 is 10.1 Å². The molecule has 1 aromatic heterocycles. The summed E-state index contributed by atoms with van der Waals surface area (Å²) < 4.78 is 7.59. The number of aromatic nitrogens is 2. The van der Waals surface area contributed by atoms with Crippen LogP contribution in [0, 0.1) is 19.8 Å². The molecule has 1 aliphatic rings. The van der Waals surface area contributed by atoms with E-state index in [1.54, 1.807) is 0 Å². The van der Waals surface area contributed by atoms with Crippen LogP contribution in [0.1, 0.15) is 50.1 Å². The van der Waals surface area contributed by atoms with Crippen molar-refractivity contribution in [3.05, 3.63) is 17.0 Å². The molecule has 2 rings (SSSR count). The highest BCUT2D eigenvalue weighted by molar-refractivity contribution is 5.76. The third kappa shape index (κ3) is 4.57.